The molecule has 3 aromatic rings. The molecule has 0 unspecified atom stereocenters. The lowest BCUT2D eigenvalue weighted by Gasteiger charge is -2.14. The minimum absolute atomic E-state index is 0.136. The molecule has 0 saturated carbocycles. The zero-order chi connectivity index (χ0) is 16.5. The Labute approximate surface area is 139 Å². The molecule has 1 amide bonds. The number of rotatable bonds is 3. The van der Waals surface area contributed by atoms with E-state index in [-0.39, 0.29) is 11.9 Å². The lowest BCUT2D eigenvalue weighted by atomic mass is 10.2. The molecule has 4 rings (SSSR count). The van der Waals surface area contributed by atoms with Gasteiger partial charge < -0.3 is 20.2 Å². The van der Waals surface area contributed by atoms with Crippen LogP contribution in [0.5, 0.6) is 0 Å². The molecular formula is C17H20N6O. The molecule has 0 aliphatic carbocycles. The normalized spacial score (nSPS) is 15.7. The summed E-state index contributed by atoms with van der Waals surface area (Å²) in [7, 11) is 0. The van der Waals surface area contributed by atoms with Gasteiger partial charge in [-0.25, -0.2) is 0 Å². The van der Waals surface area contributed by atoms with Gasteiger partial charge in [-0.05, 0) is 19.1 Å². The summed E-state index contributed by atoms with van der Waals surface area (Å²) in [6.45, 7) is 4.56. The van der Waals surface area contributed by atoms with Gasteiger partial charge in [0.1, 0.15) is 11.5 Å². The summed E-state index contributed by atoms with van der Waals surface area (Å²) in [5.74, 6) is 1.64. The molecule has 0 saturated heterocycles. The van der Waals surface area contributed by atoms with Gasteiger partial charge in [-0.1, -0.05) is 18.2 Å². The number of carbonyl (C=O) groups excluding carboxylic acids is 1. The number of hydrogen-bond donors (Lipinski definition) is 3. The number of amides is 1. The van der Waals surface area contributed by atoms with Gasteiger partial charge in [-0.3, -0.25) is 4.79 Å². The summed E-state index contributed by atoms with van der Waals surface area (Å²) in [6, 6.07) is 9.51. The molecule has 124 valence electrons. The first-order chi connectivity index (χ1) is 11.7. The Bertz CT molecular complexity index is 847. The molecule has 7 nitrogen and oxygen atoms in total. The second-order valence-corrected chi connectivity index (χ2v) is 6.09. The molecule has 0 fully saturated rings. The number of carbonyl (C=O) groups is 1. The number of aromatic nitrogens is 4. The van der Waals surface area contributed by atoms with E-state index in [1.165, 1.54) is 0 Å². The number of aromatic amines is 1. The summed E-state index contributed by atoms with van der Waals surface area (Å²) in [5.41, 5.74) is 1.51. The van der Waals surface area contributed by atoms with Crippen LogP contribution in [0.25, 0.3) is 10.9 Å². The Morgan fingerprint density at radius 1 is 1.29 bits per heavy atom. The van der Waals surface area contributed by atoms with Crippen LogP contribution in [0.1, 0.15) is 35.1 Å². The Hall–Kier alpha value is -2.67. The standard InChI is InChI=1S/C17H20N6O/c1-11(16-22-21-15-6-7-18-8-9-23(15)16)19-17(24)14-10-12-4-2-3-5-13(12)20-14/h2-5,10-11,18,20H,6-9H2,1H3,(H,19,24)/t11-/m0/s1. The van der Waals surface area contributed by atoms with Gasteiger partial charge in [-0.15, -0.1) is 10.2 Å². The van der Waals surface area contributed by atoms with Crippen molar-refractivity contribution in [2.75, 3.05) is 13.1 Å². The monoisotopic (exact) mass is 324 g/mol. The van der Waals surface area contributed by atoms with Crippen molar-refractivity contribution in [1.29, 1.82) is 0 Å². The zero-order valence-electron chi connectivity index (χ0n) is 13.5. The van der Waals surface area contributed by atoms with Crippen molar-refractivity contribution in [2.45, 2.75) is 25.9 Å². The number of hydrogen-bond acceptors (Lipinski definition) is 4. The minimum Gasteiger partial charge on any atom is -0.351 e. The Kier molecular flexibility index (Phi) is 3.78. The summed E-state index contributed by atoms with van der Waals surface area (Å²) in [4.78, 5) is 15.7. The SMILES string of the molecule is C[C@H](NC(=O)c1cc2ccccc2[nH]1)c1nnc2n1CCNCC2. The molecule has 1 atom stereocenters. The minimum atomic E-state index is -0.205. The summed E-state index contributed by atoms with van der Waals surface area (Å²) < 4.78 is 2.11. The maximum atomic E-state index is 12.5. The van der Waals surface area contributed by atoms with Gasteiger partial charge in [0.25, 0.3) is 5.91 Å². The molecule has 3 N–H and O–H groups in total. The van der Waals surface area contributed by atoms with Gasteiger partial charge in [0, 0.05) is 37.0 Å². The first kappa shape index (κ1) is 14.9. The van der Waals surface area contributed by atoms with E-state index in [0.29, 0.717) is 5.69 Å². The molecule has 0 bridgehead atoms. The van der Waals surface area contributed by atoms with Crippen LogP contribution in [0.15, 0.2) is 30.3 Å². The molecule has 1 aliphatic heterocycles. The molecule has 1 aliphatic rings. The number of nitrogens with zero attached hydrogens (tertiary/aromatic N) is 3. The maximum Gasteiger partial charge on any atom is 0.268 e. The van der Waals surface area contributed by atoms with E-state index in [4.69, 9.17) is 0 Å². The fourth-order valence-electron chi connectivity index (χ4n) is 3.15. The van der Waals surface area contributed by atoms with Gasteiger partial charge in [0.05, 0.1) is 6.04 Å². The summed E-state index contributed by atoms with van der Waals surface area (Å²) in [6.07, 6.45) is 0.857. The number of fused-ring (bicyclic) bond motifs is 2. The highest BCUT2D eigenvalue weighted by Gasteiger charge is 2.21. The third-order valence-electron chi connectivity index (χ3n) is 4.40. The molecule has 7 heteroatoms. The van der Waals surface area contributed by atoms with Crippen molar-refractivity contribution in [2.24, 2.45) is 0 Å². The molecule has 0 spiro atoms. The fraction of sp³-hybridized carbons (Fsp3) is 0.353. The first-order valence-electron chi connectivity index (χ1n) is 8.23. The molecule has 24 heavy (non-hydrogen) atoms. The van der Waals surface area contributed by atoms with Crippen LogP contribution in [0, 0.1) is 0 Å². The average Bonchev–Trinajstić information content (AvgIpc) is 3.12. The van der Waals surface area contributed by atoms with Crippen LogP contribution >= 0.6 is 0 Å². The Balaban J connectivity index is 1.54. The Morgan fingerprint density at radius 2 is 2.17 bits per heavy atom. The van der Waals surface area contributed by atoms with E-state index in [1.54, 1.807) is 0 Å². The Morgan fingerprint density at radius 3 is 3.04 bits per heavy atom. The maximum absolute atomic E-state index is 12.5. The van der Waals surface area contributed by atoms with Crippen LogP contribution < -0.4 is 10.6 Å². The van der Waals surface area contributed by atoms with Gasteiger partial charge in [0.15, 0.2) is 5.82 Å². The van der Waals surface area contributed by atoms with Gasteiger partial charge in [-0.2, -0.15) is 0 Å². The first-order valence-corrected chi connectivity index (χ1v) is 8.23. The predicted octanol–water partition coefficient (Wildman–Crippen LogP) is 1.40. The van der Waals surface area contributed by atoms with E-state index in [0.717, 1.165) is 48.6 Å². The molecule has 2 aromatic heterocycles. The largest absolute Gasteiger partial charge is 0.351 e. The third kappa shape index (κ3) is 2.67. The lowest BCUT2D eigenvalue weighted by Crippen LogP contribution is -2.29. The quantitative estimate of drug-likeness (QED) is 0.679. The van der Waals surface area contributed by atoms with Crippen molar-refractivity contribution < 1.29 is 4.79 Å². The predicted molar refractivity (Wildman–Crippen MR) is 90.8 cm³/mol. The molecule has 3 heterocycles. The average molecular weight is 324 g/mol. The van der Waals surface area contributed by atoms with Gasteiger partial charge >= 0.3 is 0 Å². The third-order valence-corrected chi connectivity index (χ3v) is 4.40. The number of benzene rings is 1. The van der Waals surface area contributed by atoms with E-state index in [2.05, 4.69) is 30.4 Å². The number of para-hydroxylation sites is 1. The zero-order valence-corrected chi connectivity index (χ0v) is 13.5. The lowest BCUT2D eigenvalue weighted by molar-refractivity contribution is 0.0933. The number of nitrogens with one attached hydrogen (secondary N) is 3. The second kappa shape index (κ2) is 6.09. The van der Waals surface area contributed by atoms with Crippen molar-refractivity contribution >= 4 is 16.8 Å². The summed E-state index contributed by atoms with van der Waals surface area (Å²) >= 11 is 0. The van der Waals surface area contributed by atoms with Crippen LogP contribution in [0.4, 0.5) is 0 Å². The second-order valence-electron chi connectivity index (χ2n) is 6.09. The van der Waals surface area contributed by atoms with Crippen molar-refractivity contribution in [3.05, 3.63) is 47.7 Å². The van der Waals surface area contributed by atoms with E-state index in [1.807, 2.05) is 37.3 Å². The fourth-order valence-corrected chi connectivity index (χ4v) is 3.15. The number of H-pyrrole nitrogens is 1. The van der Waals surface area contributed by atoms with Crippen molar-refractivity contribution in [3.8, 4) is 0 Å². The summed E-state index contributed by atoms with van der Waals surface area (Å²) in [5, 5.41) is 15.9. The van der Waals surface area contributed by atoms with Crippen LogP contribution in [0.3, 0.4) is 0 Å². The van der Waals surface area contributed by atoms with Crippen LogP contribution in [-0.2, 0) is 13.0 Å². The van der Waals surface area contributed by atoms with E-state index >= 15 is 0 Å². The highest BCUT2D eigenvalue weighted by atomic mass is 16.1. The van der Waals surface area contributed by atoms with Gasteiger partial charge in [0.2, 0.25) is 0 Å². The highest BCUT2D eigenvalue weighted by Crippen LogP contribution is 2.17. The van der Waals surface area contributed by atoms with E-state index in [9.17, 15) is 4.79 Å². The van der Waals surface area contributed by atoms with Crippen LogP contribution in [0.2, 0.25) is 0 Å². The van der Waals surface area contributed by atoms with Crippen molar-refractivity contribution in [1.82, 2.24) is 30.4 Å². The smallest absolute Gasteiger partial charge is 0.268 e. The molecular weight excluding hydrogens is 304 g/mol. The highest BCUT2D eigenvalue weighted by molar-refractivity contribution is 5.98. The van der Waals surface area contributed by atoms with Crippen LogP contribution in [-0.4, -0.2) is 38.7 Å². The topological polar surface area (TPSA) is 87.6 Å². The van der Waals surface area contributed by atoms with E-state index < -0.39 is 0 Å². The molecule has 0 radical (unpaired) electrons. The van der Waals surface area contributed by atoms with Crippen molar-refractivity contribution in [3.63, 3.8) is 0 Å². The molecule has 1 aromatic carbocycles.